The Kier molecular flexibility index (Phi) is 6.73. The van der Waals surface area contributed by atoms with E-state index in [4.69, 9.17) is 4.74 Å². The number of carbonyl (C=O) groups excluding carboxylic acids is 1. The summed E-state index contributed by atoms with van der Waals surface area (Å²) in [6.45, 7) is 5.87. The van der Waals surface area contributed by atoms with Crippen LogP contribution in [0.4, 0.5) is 0 Å². The van der Waals surface area contributed by atoms with Crippen LogP contribution >= 0.6 is 0 Å². The van der Waals surface area contributed by atoms with Gasteiger partial charge < -0.3 is 19.5 Å². The molecule has 1 saturated heterocycles. The second-order valence-corrected chi connectivity index (χ2v) is 8.09. The van der Waals surface area contributed by atoms with Gasteiger partial charge in [-0.05, 0) is 63.2 Å². The summed E-state index contributed by atoms with van der Waals surface area (Å²) in [5, 5.41) is 3.13. The van der Waals surface area contributed by atoms with E-state index in [-0.39, 0.29) is 5.91 Å². The zero-order chi connectivity index (χ0) is 21.6. The number of benzene rings is 2. The Bertz CT molecular complexity index is 1020. The molecule has 3 aromatic rings. The lowest BCUT2D eigenvalue weighted by Gasteiger charge is -2.26. The van der Waals surface area contributed by atoms with E-state index in [9.17, 15) is 4.79 Å². The third-order valence-corrected chi connectivity index (χ3v) is 6.03. The fourth-order valence-electron chi connectivity index (χ4n) is 4.35. The number of carbonyl (C=O) groups is 1. The maximum atomic E-state index is 13.1. The van der Waals surface area contributed by atoms with Gasteiger partial charge in [-0.1, -0.05) is 36.8 Å². The van der Waals surface area contributed by atoms with Gasteiger partial charge in [0, 0.05) is 30.0 Å². The quantitative estimate of drug-likeness (QED) is 0.607. The summed E-state index contributed by atoms with van der Waals surface area (Å²) in [6, 6.07) is 20.1. The number of rotatable bonds is 7. The molecular formula is C26H31N3O2. The van der Waals surface area contributed by atoms with Crippen LogP contribution in [-0.2, 0) is 0 Å². The van der Waals surface area contributed by atoms with Crippen LogP contribution in [0.2, 0.25) is 0 Å². The fourth-order valence-corrected chi connectivity index (χ4v) is 4.35. The number of ether oxygens (including phenoxy) is 1. The summed E-state index contributed by atoms with van der Waals surface area (Å²) in [5.41, 5.74) is 4.66. The van der Waals surface area contributed by atoms with Crippen LogP contribution < -0.4 is 10.1 Å². The predicted molar refractivity (Wildman–Crippen MR) is 125 cm³/mol. The van der Waals surface area contributed by atoms with E-state index in [1.165, 1.54) is 19.3 Å². The highest BCUT2D eigenvalue weighted by Crippen LogP contribution is 2.31. The van der Waals surface area contributed by atoms with Gasteiger partial charge >= 0.3 is 0 Å². The molecule has 2 heterocycles. The molecule has 1 aromatic heterocycles. The maximum Gasteiger partial charge on any atom is 0.253 e. The van der Waals surface area contributed by atoms with Crippen LogP contribution in [0.25, 0.3) is 16.9 Å². The molecular weight excluding hydrogens is 386 g/mol. The molecule has 31 heavy (non-hydrogen) atoms. The average Bonchev–Trinajstić information content (AvgIpc) is 3.17. The first kappa shape index (κ1) is 21.2. The van der Waals surface area contributed by atoms with Gasteiger partial charge in [0.2, 0.25) is 0 Å². The Hall–Kier alpha value is -3.05. The molecule has 0 atom stereocenters. The third kappa shape index (κ3) is 4.83. The highest BCUT2D eigenvalue weighted by molar-refractivity contribution is 5.97. The molecule has 2 aromatic carbocycles. The number of amides is 1. The fraction of sp³-hybridized carbons (Fsp3) is 0.346. The number of methoxy groups -OCH3 is 1. The number of aromatic nitrogens is 1. The lowest BCUT2D eigenvalue weighted by atomic mass is 10.1. The molecule has 0 saturated carbocycles. The van der Waals surface area contributed by atoms with E-state index < -0.39 is 0 Å². The lowest BCUT2D eigenvalue weighted by Crippen LogP contribution is -2.37. The van der Waals surface area contributed by atoms with Gasteiger partial charge in [-0.25, -0.2) is 0 Å². The highest BCUT2D eigenvalue weighted by atomic mass is 16.5. The van der Waals surface area contributed by atoms with E-state index in [0.717, 1.165) is 48.0 Å². The minimum absolute atomic E-state index is 0.0201. The molecule has 0 unspecified atom stereocenters. The first-order valence-corrected chi connectivity index (χ1v) is 11.1. The monoisotopic (exact) mass is 417 g/mol. The molecule has 4 rings (SSSR count). The second-order valence-electron chi connectivity index (χ2n) is 8.09. The number of likely N-dealkylation sites (tertiary alicyclic amines) is 1. The molecule has 5 heteroatoms. The van der Waals surface area contributed by atoms with E-state index >= 15 is 0 Å². The largest absolute Gasteiger partial charge is 0.497 e. The topological polar surface area (TPSA) is 46.5 Å². The molecule has 1 aliphatic rings. The normalized spacial score (nSPS) is 14.4. The van der Waals surface area contributed by atoms with Crippen molar-refractivity contribution in [1.82, 2.24) is 14.8 Å². The number of para-hydroxylation sites is 1. The van der Waals surface area contributed by atoms with Crippen molar-refractivity contribution in [3.63, 3.8) is 0 Å². The molecule has 0 bridgehead atoms. The van der Waals surface area contributed by atoms with Gasteiger partial charge in [-0.15, -0.1) is 0 Å². The standard InChI is InChI=1S/C26H31N3O2/c1-20-24(26(30)27-14-17-28-15-7-4-8-16-28)19-25(21-10-9-13-23(18-21)31-2)29(20)22-11-5-3-6-12-22/h3,5-6,9-13,18-19H,4,7-8,14-17H2,1-2H3,(H,27,30). The van der Waals surface area contributed by atoms with Crippen LogP contribution in [0.15, 0.2) is 60.7 Å². The summed E-state index contributed by atoms with van der Waals surface area (Å²) in [4.78, 5) is 15.5. The van der Waals surface area contributed by atoms with E-state index in [1.807, 2.05) is 49.4 Å². The summed E-state index contributed by atoms with van der Waals surface area (Å²) in [6.07, 6.45) is 3.84. The predicted octanol–water partition coefficient (Wildman–Crippen LogP) is 4.68. The van der Waals surface area contributed by atoms with E-state index in [0.29, 0.717) is 12.1 Å². The minimum Gasteiger partial charge on any atom is -0.497 e. The SMILES string of the molecule is COc1cccc(-c2cc(C(=O)NCCN3CCCCC3)c(C)n2-c2ccccc2)c1. The Morgan fingerprint density at radius 1 is 1.00 bits per heavy atom. The summed E-state index contributed by atoms with van der Waals surface area (Å²) in [7, 11) is 1.67. The Morgan fingerprint density at radius 2 is 1.77 bits per heavy atom. The molecule has 1 N–H and O–H groups in total. The Morgan fingerprint density at radius 3 is 2.52 bits per heavy atom. The molecule has 1 aliphatic heterocycles. The summed E-state index contributed by atoms with van der Waals surface area (Å²) >= 11 is 0. The number of hydrogen-bond donors (Lipinski definition) is 1. The summed E-state index contributed by atoms with van der Waals surface area (Å²) in [5.74, 6) is 0.775. The first-order valence-electron chi connectivity index (χ1n) is 11.1. The molecule has 1 amide bonds. The van der Waals surface area contributed by atoms with Crippen molar-refractivity contribution < 1.29 is 9.53 Å². The van der Waals surface area contributed by atoms with Gasteiger partial charge in [0.1, 0.15) is 5.75 Å². The van der Waals surface area contributed by atoms with E-state index in [1.54, 1.807) is 7.11 Å². The minimum atomic E-state index is -0.0201. The van der Waals surface area contributed by atoms with Crippen LogP contribution in [0, 0.1) is 6.92 Å². The van der Waals surface area contributed by atoms with Crippen molar-refractivity contribution in [2.24, 2.45) is 0 Å². The second kappa shape index (κ2) is 9.84. The zero-order valence-corrected chi connectivity index (χ0v) is 18.4. The number of hydrogen-bond acceptors (Lipinski definition) is 3. The Labute approximate surface area is 184 Å². The van der Waals surface area contributed by atoms with Crippen molar-refractivity contribution in [2.45, 2.75) is 26.2 Å². The van der Waals surface area contributed by atoms with Crippen molar-refractivity contribution in [3.8, 4) is 22.7 Å². The van der Waals surface area contributed by atoms with Crippen LogP contribution in [0.5, 0.6) is 5.75 Å². The lowest BCUT2D eigenvalue weighted by molar-refractivity contribution is 0.0946. The van der Waals surface area contributed by atoms with Crippen molar-refractivity contribution >= 4 is 5.91 Å². The van der Waals surface area contributed by atoms with Crippen LogP contribution in [-0.4, -0.2) is 48.7 Å². The average molecular weight is 418 g/mol. The Balaban J connectivity index is 1.62. The molecule has 1 fully saturated rings. The smallest absolute Gasteiger partial charge is 0.253 e. The molecule has 5 nitrogen and oxygen atoms in total. The van der Waals surface area contributed by atoms with Gasteiger partial charge in [0.05, 0.1) is 18.4 Å². The molecule has 0 radical (unpaired) electrons. The van der Waals surface area contributed by atoms with Crippen molar-refractivity contribution in [2.75, 3.05) is 33.3 Å². The zero-order valence-electron chi connectivity index (χ0n) is 18.4. The number of nitrogens with one attached hydrogen (secondary N) is 1. The number of piperidine rings is 1. The highest BCUT2D eigenvalue weighted by Gasteiger charge is 2.20. The molecule has 0 spiro atoms. The maximum absolute atomic E-state index is 13.1. The number of nitrogens with zero attached hydrogens (tertiary/aromatic N) is 2. The van der Waals surface area contributed by atoms with Crippen molar-refractivity contribution in [3.05, 3.63) is 71.9 Å². The van der Waals surface area contributed by atoms with Gasteiger partial charge in [-0.3, -0.25) is 4.79 Å². The van der Waals surface area contributed by atoms with Crippen LogP contribution in [0.1, 0.15) is 35.3 Å². The molecule has 162 valence electrons. The van der Waals surface area contributed by atoms with Gasteiger partial charge in [-0.2, -0.15) is 0 Å². The summed E-state index contributed by atoms with van der Waals surface area (Å²) < 4.78 is 7.57. The van der Waals surface area contributed by atoms with Gasteiger partial charge in [0.25, 0.3) is 5.91 Å². The van der Waals surface area contributed by atoms with E-state index in [2.05, 4.69) is 33.0 Å². The van der Waals surface area contributed by atoms with Gasteiger partial charge in [0.15, 0.2) is 0 Å². The molecule has 0 aliphatic carbocycles. The third-order valence-electron chi connectivity index (χ3n) is 6.03. The first-order chi connectivity index (χ1) is 15.2. The van der Waals surface area contributed by atoms with Crippen molar-refractivity contribution in [1.29, 1.82) is 0 Å². The van der Waals surface area contributed by atoms with Crippen LogP contribution in [0.3, 0.4) is 0 Å².